The van der Waals surface area contributed by atoms with Crippen molar-refractivity contribution in [2.24, 2.45) is 0 Å². The molecular weight excluding hydrogens is 356 g/mol. The molecule has 0 saturated carbocycles. The lowest BCUT2D eigenvalue weighted by molar-refractivity contribution is -0.00381. The first-order valence-corrected chi connectivity index (χ1v) is 8.96. The molecule has 2 nitrogen and oxygen atoms in total. The van der Waals surface area contributed by atoms with E-state index < -0.39 is 24.2 Å². The maximum absolute atomic E-state index is 14.6. The van der Waals surface area contributed by atoms with Gasteiger partial charge in [-0.3, -0.25) is 0 Å². The van der Waals surface area contributed by atoms with Crippen molar-refractivity contribution in [3.05, 3.63) is 64.7 Å². The van der Waals surface area contributed by atoms with Crippen LogP contribution in [-0.2, 0) is 21.7 Å². The van der Waals surface area contributed by atoms with Crippen LogP contribution in [0.2, 0.25) is 5.02 Å². The molecule has 0 aliphatic carbocycles. The molecule has 0 spiro atoms. The highest BCUT2D eigenvalue weighted by Crippen LogP contribution is 2.37. The van der Waals surface area contributed by atoms with Gasteiger partial charge in [-0.2, -0.15) is 0 Å². The van der Waals surface area contributed by atoms with Crippen molar-refractivity contribution in [1.29, 1.82) is 0 Å². The van der Waals surface area contributed by atoms with Crippen molar-refractivity contribution in [3.8, 4) is 0 Å². The van der Waals surface area contributed by atoms with Crippen LogP contribution in [0.4, 0.5) is 8.78 Å². The Morgan fingerprint density at radius 3 is 1.88 bits per heavy atom. The van der Waals surface area contributed by atoms with Crippen LogP contribution < -0.4 is 5.46 Å². The van der Waals surface area contributed by atoms with Crippen molar-refractivity contribution < 1.29 is 18.1 Å². The smallest absolute Gasteiger partial charge is 0.399 e. The Bertz CT molecular complexity index is 757. The van der Waals surface area contributed by atoms with Crippen molar-refractivity contribution in [2.75, 3.05) is 0 Å². The molecule has 0 bridgehead atoms. The number of hydrogen-bond donors (Lipinski definition) is 0. The molecule has 1 aliphatic rings. The summed E-state index contributed by atoms with van der Waals surface area (Å²) < 4.78 is 41.1. The van der Waals surface area contributed by atoms with E-state index in [1.807, 2.05) is 27.7 Å². The zero-order chi connectivity index (χ0) is 19.2. The second-order valence-electron chi connectivity index (χ2n) is 7.72. The third kappa shape index (κ3) is 3.80. The van der Waals surface area contributed by atoms with E-state index in [1.165, 1.54) is 12.1 Å². The van der Waals surface area contributed by atoms with E-state index in [0.29, 0.717) is 10.6 Å². The molecule has 0 radical (unpaired) electrons. The molecule has 0 N–H and O–H groups in total. The lowest BCUT2D eigenvalue weighted by Gasteiger charge is -2.32. The monoisotopic (exact) mass is 378 g/mol. The summed E-state index contributed by atoms with van der Waals surface area (Å²) in [5, 5.41) is 0.531. The average molecular weight is 379 g/mol. The molecule has 0 atom stereocenters. The quantitative estimate of drug-likeness (QED) is 0.699. The van der Waals surface area contributed by atoms with Crippen LogP contribution in [0.25, 0.3) is 0 Å². The fourth-order valence-electron chi connectivity index (χ4n) is 2.82. The highest BCUT2D eigenvalue weighted by atomic mass is 35.5. The molecule has 2 aromatic rings. The number of hydrogen-bond acceptors (Lipinski definition) is 2. The Labute approximate surface area is 158 Å². The van der Waals surface area contributed by atoms with Crippen LogP contribution in [0.15, 0.2) is 48.5 Å². The molecule has 2 aromatic carbocycles. The molecule has 0 unspecified atom stereocenters. The molecule has 0 amide bonds. The molecule has 26 heavy (non-hydrogen) atoms. The van der Waals surface area contributed by atoms with Gasteiger partial charge in [0, 0.05) is 17.0 Å². The summed E-state index contributed by atoms with van der Waals surface area (Å²) in [6, 6.07) is 12.7. The molecule has 1 heterocycles. The largest absolute Gasteiger partial charge is 0.494 e. The Hall–Kier alpha value is -1.43. The van der Waals surface area contributed by atoms with Crippen molar-refractivity contribution >= 4 is 24.2 Å². The SMILES string of the molecule is CC1(C)OB(c2ccc(C(F)(F)Cc3ccc(Cl)cc3)cc2)OC1(C)C. The standard InChI is InChI=1S/C20H22BClF2O2/c1-18(2)19(3,4)26-21(25-18)16-9-7-15(8-10-16)20(23,24)13-14-5-11-17(22)12-6-14/h5-12H,13H2,1-4H3. The van der Waals surface area contributed by atoms with Crippen molar-refractivity contribution in [2.45, 2.75) is 51.2 Å². The van der Waals surface area contributed by atoms with Crippen LogP contribution in [0, 0.1) is 0 Å². The van der Waals surface area contributed by atoms with Gasteiger partial charge in [0.05, 0.1) is 11.2 Å². The number of rotatable bonds is 4. The van der Waals surface area contributed by atoms with Crippen LogP contribution in [-0.4, -0.2) is 18.3 Å². The van der Waals surface area contributed by atoms with Gasteiger partial charge in [0.15, 0.2) is 0 Å². The fraction of sp³-hybridized carbons (Fsp3) is 0.400. The van der Waals surface area contributed by atoms with Gasteiger partial charge in [0.2, 0.25) is 0 Å². The second-order valence-corrected chi connectivity index (χ2v) is 8.15. The van der Waals surface area contributed by atoms with Gasteiger partial charge in [0.1, 0.15) is 0 Å². The van der Waals surface area contributed by atoms with Crippen LogP contribution in [0.5, 0.6) is 0 Å². The van der Waals surface area contributed by atoms with E-state index in [2.05, 4.69) is 0 Å². The minimum Gasteiger partial charge on any atom is -0.399 e. The predicted octanol–water partition coefficient (Wildman–Crippen LogP) is 4.97. The normalized spacial score (nSPS) is 19.0. The number of halogens is 3. The van der Waals surface area contributed by atoms with Crippen molar-refractivity contribution in [1.82, 2.24) is 0 Å². The zero-order valence-electron chi connectivity index (χ0n) is 15.4. The Kier molecular flexibility index (Phi) is 4.93. The Balaban J connectivity index is 1.76. The minimum atomic E-state index is -2.97. The summed E-state index contributed by atoms with van der Waals surface area (Å²) >= 11 is 5.81. The van der Waals surface area contributed by atoms with Gasteiger partial charge in [-0.25, -0.2) is 8.78 Å². The predicted molar refractivity (Wildman–Crippen MR) is 101 cm³/mol. The maximum Gasteiger partial charge on any atom is 0.494 e. The molecular formula is C20H22BClF2O2. The summed E-state index contributed by atoms with van der Waals surface area (Å²) in [6.07, 6.45) is -0.375. The van der Waals surface area contributed by atoms with E-state index >= 15 is 0 Å². The van der Waals surface area contributed by atoms with E-state index in [1.54, 1.807) is 36.4 Å². The molecule has 6 heteroatoms. The average Bonchev–Trinajstić information content (AvgIpc) is 2.78. The minimum absolute atomic E-state index is 0.0345. The molecule has 1 saturated heterocycles. The van der Waals surface area contributed by atoms with Gasteiger partial charge < -0.3 is 9.31 Å². The van der Waals surface area contributed by atoms with Gasteiger partial charge in [-0.1, -0.05) is 48.0 Å². The lowest BCUT2D eigenvalue weighted by Crippen LogP contribution is -2.41. The third-order valence-corrected chi connectivity index (χ3v) is 5.45. The lowest BCUT2D eigenvalue weighted by atomic mass is 9.78. The number of alkyl halides is 2. The first kappa shape index (κ1) is 19.3. The first-order valence-electron chi connectivity index (χ1n) is 8.59. The molecule has 1 aliphatic heterocycles. The van der Waals surface area contributed by atoms with E-state index in [0.717, 1.165) is 5.46 Å². The third-order valence-electron chi connectivity index (χ3n) is 5.20. The molecule has 1 fully saturated rings. The summed E-state index contributed by atoms with van der Waals surface area (Å²) in [5.41, 5.74) is 0.306. The highest BCUT2D eigenvalue weighted by Gasteiger charge is 2.51. The van der Waals surface area contributed by atoms with Crippen LogP contribution in [0.3, 0.4) is 0 Å². The maximum atomic E-state index is 14.6. The first-order chi connectivity index (χ1) is 12.0. The second kappa shape index (κ2) is 6.63. The fourth-order valence-corrected chi connectivity index (χ4v) is 2.95. The summed E-state index contributed by atoms with van der Waals surface area (Å²) in [7, 11) is -0.557. The molecule has 0 aromatic heterocycles. The van der Waals surface area contributed by atoms with Crippen LogP contribution >= 0.6 is 11.6 Å². The highest BCUT2D eigenvalue weighted by molar-refractivity contribution is 6.62. The van der Waals surface area contributed by atoms with Gasteiger partial charge in [-0.15, -0.1) is 0 Å². The topological polar surface area (TPSA) is 18.5 Å². The number of benzene rings is 2. The van der Waals surface area contributed by atoms with Gasteiger partial charge in [0.25, 0.3) is 5.92 Å². The van der Waals surface area contributed by atoms with Gasteiger partial charge in [-0.05, 0) is 50.9 Å². The summed E-state index contributed by atoms with van der Waals surface area (Å²) in [6.45, 7) is 7.84. The summed E-state index contributed by atoms with van der Waals surface area (Å²) in [5.74, 6) is -2.97. The van der Waals surface area contributed by atoms with E-state index in [4.69, 9.17) is 20.9 Å². The summed E-state index contributed by atoms with van der Waals surface area (Å²) in [4.78, 5) is 0. The Morgan fingerprint density at radius 1 is 0.885 bits per heavy atom. The zero-order valence-corrected chi connectivity index (χ0v) is 16.1. The van der Waals surface area contributed by atoms with E-state index in [9.17, 15) is 8.78 Å². The van der Waals surface area contributed by atoms with Crippen molar-refractivity contribution in [3.63, 3.8) is 0 Å². The van der Waals surface area contributed by atoms with Gasteiger partial charge >= 0.3 is 7.12 Å². The van der Waals surface area contributed by atoms with Crippen LogP contribution in [0.1, 0.15) is 38.8 Å². The van der Waals surface area contributed by atoms with E-state index in [-0.39, 0.29) is 12.0 Å². The Morgan fingerprint density at radius 2 is 1.38 bits per heavy atom. The molecule has 138 valence electrons. The molecule has 3 rings (SSSR count).